The third-order valence-electron chi connectivity index (χ3n) is 7.00. The number of carbonyl (C=O) groups is 1. The Bertz CT molecular complexity index is 914. The molecule has 0 aliphatic heterocycles. The number of thiazole rings is 1. The minimum absolute atomic E-state index is 0.113. The van der Waals surface area contributed by atoms with Gasteiger partial charge in [0.15, 0.2) is 0 Å². The zero-order chi connectivity index (χ0) is 26.1. The standard InChI is InChI=1S/C28H44N2O4S/c1-7-28(8-2,26-29-20(3)23(35-26)17-18-24(31)27(4,5)6)21-13-15-22(16-14-21)34-19-11-9-10-12-25(32)30-33/h13-16,24,31,33H,7-12,17-19H2,1-6H3,(H,30,32). The maximum atomic E-state index is 11.0. The fraction of sp³-hybridized carbons (Fsp3) is 0.643. The van der Waals surface area contributed by atoms with Crippen molar-refractivity contribution in [3.05, 3.63) is 45.4 Å². The third-order valence-corrected chi connectivity index (χ3v) is 8.42. The van der Waals surface area contributed by atoms with Crippen molar-refractivity contribution in [1.82, 2.24) is 10.5 Å². The van der Waals surface area contributed by atoms with E-state index in [2.05, 4.69) is 53.7 Å². The number of nitrogens with zero attached hydrogens (tertiary/aromatic N) is 1. The van der Waals surface area contributed by atoms with Crippen LogP contribution in [0.15, 0.2) is 24.3 Å². The number of aliphatic hydroxyl groups excluding tert-OH is 1. The Morgan fingerprint density at radius 2 is 1.77 bits per heavy atom. The van der Waals surface area contributed by atoms with Crippen molar-refractivity contribution >= 4 is 17.2 Å². The monoisotopic (exact) mass is 504 g/mol. The topological polar surface area (TPSA) is 91.7 Å². The highest BCUT2D eigenvalue weighted by molar-refractivity contribution is 7.12. The van der Waals surface area contributed by atoms with Crippen molar-refractivity contribution in [3.63, 3.8) is 0 Å². The fourth-order valence-electron chi connectivity index (χ4n) is 4.33. The SMILES string of the molecule is CCC(CC)(c1ccc(OCCCCCC(=O)NO)cc1)c1nc(C)c(CCC(O)C(C)(C)C)s1. The van der Waals surface area contributed by atoms with Gasteiger partial charge >= 0.3 is 0 Å². The zero-order valence-electron chi connectivity index (χ0n) is 22.3. The molecule has 6 nitrogen and oxygen atoms in total. The van der Waals surface area contributed by atoms with Crippen molar-refractivity contribution < 1.29 is 19.8 Å². The average Bonchev–Trinajstić information content (AvgIpc) is 3.21. The van der Waals surface area contributed by atoms with Gasteiger partial charge in [-0.3, -0.25) is 10.0 Å². The smallest absolute Gasteiger partial charge is 0.243 e. The van der Waals surface area contributed by atoms with Crippen LogP contribution in [0.25, 0.3) is 0 Å². The highest BCUT2D eigenvalue weighted by Crippen LogP contribution is 2.42. The highest BCUT2D eigenvalue weighted by atomic mass is 32.1. The molecule has 0 bridgehead atoms. The van der Waals surface area contributed by atoms with E-state index in [-0.39, 0.29) is 22.8 Å². The van der Waals surface area contributed by atoms with Crippen LogP contribution in [0.1, 0.15) is 101 Å². The summed E-state index contributed by atoms with van der Waals surface area (Å²) >= 11 is 1.79. The number of hydroxylamine groups is 1. The molecule has 1 aromatic carbocycles. The summed E-state index contributed by atoms with van der Waals surface area (Å²) in [4.78, 5) is 17.3. The van der Waals surface area contributed by atoms with E-state index in [1.165, 1.54) is 10.4 Å². The molecule has 1 aromatic heterocycles. The molecule has 0 aliphatic carbocycles. The van der Waals surface area contributed by atoms with Gasteiger partial charge in [-0.05, 0) is 75.0 Å². The van der Waals surface area contributed by atoms with Crippen LogP contribution < -0.4 is 10.2 Å². The molecule has 1 heterocycles. The Kier molecular flexibility index (Phi) is 11.2. The van der Waals surface area contributed by atoms with Gasteiger partial charge in [-0.1, -0.05) is 46.8 Å². The van der Waals surface area contributed by atoms with E-state index in [1.807, 2.05) is 12.1 Å². The molecule has 3 N–H and O–H groups in total. The van der Waals surface area contributed by atoms with E-state index in [1.54, 1.807) is 16.8 Å². The fourth-order valence-corrected chi connectivity index (χ4v) is 5.76. The lowest BCUT2D eigenvalue weighted by Crippen LogP contribution is -2.26. The second-order valence-corrected chi connectivity index (χ2v) is 11.5. The van der Waals surface area contributed by atoms with Crippen molar-refractivity contribution in [1.29, 1.82) is 0 Å². The van der Waals surface area contributed by atoms with Crippen LogP contribution in [0, 0.1) is 12.3 Å². The van der Waals surface area contributed by atoms with E-state index < -0.39 is 0 Å². The van der Waals surface area contributed by atoms with E-state index >= 15 is 0 Å². The number of aromatic nitrogens is 1. The van der Waals surface area contributed by atoms with E-state index in [0.717, 1.165) is 61.4 Å². The molecule has 196 valence electrons. The number of aryl methyl sites for hydroxylation is 2. The first kappa shape index (κ1) is 29.3. The Morgan fingerprint density at radius 1 is 1.11 bits per heavy atom. The van der Waals surface area contributed by atoms with Gasteiger partial charge in [0.1, 0.15) is 10.8 Å². The Balaban J connectivity index is 2.05. The van der Waals surface area contributed by atoms with Gasteiger partial charge in [0.25, 0.3) is 0 Å². The summed E-state index contributed by atoms with van der Waals surface area (Å²) < 4.78 is 5.90. The number of nitrogens with one attached hydrogen (secondary N) is 1. The first-order valence-electron chi connectivity index (χ1n) is 12.9. The van der Waals surface area contributed by atoms with Gasteiger partial charge in [-0.2, -0.15) is 0 Å². The molecule has 35 heavy (non-hydrogen) atoms. The molecule has 7 heteroatoms. The molecule has 1 amide bonds. The number of rotatable bonds is 14. The first-order valence-corrected chi connectivity index (χ1v) is 13.7. The third kappa shape index (κ3) is 8.02. The number of ether oxygens (including phenoxy) is 1. The second-order valence-electron chi connectivity index (χ2n) is 10.5. The molecule has 0 saturated heterocycles. The van der Waals surface area contributed by atoms with E-state index in [4.69, 9.17) is 14.9 Å². The van der Waals surface area contributed by atoms with Crippen LogP contribution in [0.4, 0.5) is 0 Å². The molecular weight excluding hydrogens is 460 g/mol. The lowest BCUT2D eigenvalue weighted by molar-refractivity contribution is -0.129. The number of hydrogen-bond acceptors (Lipinski definition) is 6. The van der Waals surface area contributed by atoms with Gasteiger partial charge in [0.05, 0.1) is 18.4 Å². The molecule has 0 aliphatic rings. The van der Waals surface area contributed by atoms with Crippen LogP contribution in [-0.4, -0.2) is 33.9 Å². The maximum absolute atomic E-state index is 11.0. The van der Waals surface area contributed by atoms with Crippen molar-refractivity contribution in [3.8, 4) is 5.75 Å². The number of unbranched alkanes of at least 4 members (excludes halogenated alkanes) is 2. The number of hydrogen-bond donors (Lipinski definition) is 3. The normalized spacial score (nSPS) is 13.0. The summed E-state index contributed by atoms with van der Waals surface area (Å²) in [5.74, 6) is 0.497. The van der Waals surface area contributed by atoms with Crippen LogP contribution in [-0.2, 0) is 16.6 Å². The van der Waals surface area contributed by atoms with Crippen molar-refractivity contribution in [2.24, 2.45) is 5.41 Å². The average molecular weight is 505 g/mol. The Labute approximate surface area is 215 Å². The maximum Gasteiger partial charge on any atom is 0.243 e. The van der Waals surface area contributed by atoms with Gasteiger partial charge in [0.2, 0.25) is 5.91 Å². The number of amides is 1. The Hall–Kier alpha value is -1.96. The van der Waals surface area contributed by atoms with Crippen LogP contribution in [0.2, 0.25) is 0 Å². The largest absolute Gasteiger partial charge is 0.494 e. The summed E-state index contributed by atoms with van der Waals surface area (Å²) in [6.07, 6.45) is 5.98. The second kappa shape index (κ2) is 13.4. The van der Waals surface area contributed by atoms with Crippen molar-refractivity contribution in [2.75, 3.05) is 6.61 Å². The number of carbonyl (C=O) groups excluding carboxylic acids is 1. The summed E-state index contributed by atoms with van der Waals surface area (Å²) in [5.41, 5.74) is 3.73. The van der Waals surface area contributed by atoms with Crippen LogP contribution in [0.3, 0.4) is 0 Å². The number of aliphatic hydroxyl groups is 1. The minimum atomic E-state index is -0.345. The molecule has 2 rings (SSSR count). The highest BCUT2D eigenvalue weighted by Gasteiger charge is 2.34. The molecular formula is C28H44N2O4S. The zero-order valence-corrected chi connectivity index (χ0v) is 23.1. The molecule has 0 spiro atoms. The number of benzene rings is 1. The molecule has 2 aromatic rings. The van der Waals surface area contributed by atoms with Gasteiger partial charge in [0, 0.05) is 16.7 Å². The summed E-state index contributed by atoms with van der Waals surface area (Å²) in [6, 6.07) is 8.40. The predicted molar refractivity (Wildman–Crippen MR) is 142 cm³/mol. The first-order chi connectivity index (χ1) is 16.6. The molecule has 0 radical (unpaired) electrons. The van der Waals surface area contributed by atoms with E-state index in [9.17, 15) is 9.90 Å². The Morgan fingerprint density at radius 3 is 2.34 bits per heavy atom. The quantitative estimate of drug-likeness (QED) is 0.159. The van der Waals surface area contributed by atoms with Crippen molar-refractivity contribution in [2.45, 2.75) is 104 Å². The van der Waals surface area contributed by atoms with Gasteiger partial charge in [-0.25, -0.2) is 10.5 Å². The molecule has 0 fully saturated rings. The lowest BCUT2D eigenvalue weighted by atomic mass is 9.76. The van der Waals surface area contributed by atoms with Gasteiger partial charge in [-0.15, -0.1) is 11.3 Å². The molecule has 0 saturated carbocycles. The molecule has 1 atom stereocenters. The van der Waals surface area contributed by atoms with Gasteiger partial charge < -0.3 is 9.84 Å². The van der Waals surface area contributed by atoms with Crippen LogP contribution in [0.5, 0.6) is 5.75 Å². The van der Waals surface area contributed by atoms with Crippen LogP contribution >= 0.6 is 11.3 Å². The minimum Gasteiger partial charge on any atom is -0.494 e. The summed E-state index contributed by atoms with van der Waals surface area (Å²) in [5, 5.41) is 20.2. The van der Waals surface area contributed by atoms with E-state index in [0.29, 0.717) is 13.0 Å². The summed E-state index contributed by atoms with van der Waals surface area (Å²) in [6.45, 7) is 13.4. The summed E-state index contributed by atoms with van der Waals surface area (Å²) in [7, 11) is 0. The molecule has 1 unspecified atom stereocenters. The lowest BCUT2D eigenvalue weighted by Gasteiger charge is -2.30. The predicted octanol–water partition coefficient (Wildman–Crippen LogP) is 6.34.